The van der Waals surface area contributed by atoms with Crippen molar-refractivity contribution in [2.45, 2.75) is 13.8 Å². The van der Waals surface area contributed by atoms with Gasteiger partial charge < -0.3 is 5.73 Å². The van der Waals surface area contributed by atoms with Crippen molar-refractivity contribution in [2.24, 2.45) is 10.7 Å². The molecule has 1 aromatic carbocycles. The molecule has 0 heterocycles. The van der Waals surface area contributed by atoms with Crippen molar-refractivity contribution in [3.8, 4) is 0 Å². The van der Waals surface area contributed by atoms with Crippen LogP contribution < -0.4 is 5.73 Å². The molecule has 0 aromatic heterocycles. The van der Waals surface area contributed by atoms with Crippen molar-refractivity contribution >= 4 is 5.84 Å². The summed E-state index contributed by atoms with van der Waals surface area (Å²) in [5, 5.41) is 0. The van der Waals surface area contributed by atoms with Gasteiger partial charge in [-0.2, -0.15) is 0 Å². The van der Waals surface area contributed by atoms with Gasteiger partial charge in [0.15, 0.2) is 0 Å². The number of hydrogen-bond acceptors (Lipinski definition) is 1. The summed E-state index contributed by atoms with van der Waals surface area (Å²) >= 11 is 0. The van der Waals surface area contributed by atoms with E-state index in [1.165, 1.54) is 0 Å². The topological polar surface area (TPSA) is 38.4 Å². The van der Waals surface area contributed by atoms with E-state index in [1.54, 1.807) is 0 Å². The van der Waals surface area contributed by atoms with Gasteiger partial charge in [0.25, 0.3) is 0 Å². The van der Waals surface area contributed by atoms with Gasteiger partial charge in [-0.3, -0.25) is 0 Å². The number of rotatable bonds is 3. The smallest absolute Gasteiger partial charge is 0.131 e. The van der Waals surface area contributed by atoms with Crippen LogP contribution >= 0.6 is 0 Å². The molecule has 0 bridgehead atoms. The number of aliphatic imine (C=N–C) groups is 1. The Hall–Kier alpha value is -1.83. The first-order valence-corrected chi connectivity index (χ1v) is 4.87. The highest BCUT2D eigenvalue weighted by molar-refractivity contribution is 5.99. The average Bonchev–Trinajstić information content (AvgIpc) is 2.18. The van der Waals surface area contributed by atoms with Gasteiger partial charge in [0.1, 0.15) is 5.84 Å². The molecule has 0 spiro atoms. The van der Waals surface area contributed by atoms with Gasteiger partial charge in [0.2, 0.25) is 0 Å². The molecule has 0 fully saturated rings. The van der Waals surface area contributed by atoms with Crippen LogP contribution in [0.5, 0.6) is 0 Å². The monoisotopic (exact) mass is 200 g/mol. The number of hydrogen-bond donors (Lipinski definition) is 1. The highest BCUT2D eigenvalue weighted by Gasteiger charge is 2.00. The van der Waals surface area contributed by atoms with Crippen LogP contribution in [0.25, 0.3) is 0 Å². The number of nitrogens with two attached hydrogens (primary N) is 1. The maximum atomic E-state index is 5.88. The van der Waals surface area contributed by atoms with Gasteiger partial charge in [-0.15, -0.1) is 0 Å². The second kappa shape index (κ2) is 5.15. The van der Waals surface area contributed by atoms with E-state index in [1.807, 2.05) is 50.3 Å². The molecule has 0 saturated carbocycles. The minimum Gasteiger partial charge on any atom is -0.383 e. The minimum absolute atomic E-state index is 0.510. The van der Waals surface area contributed by atoms with Gasteiger partial charge in [-0.25, -0.2) is 4.99 Å². The molecule has 0 atom stereocenters. The Balaban J connectivity index is 2.99. The second-order valence-electron chi connectivity index (χ2n) is 3.30. The van der Waals surface area contributed by atoms with Gasteiger partial charge >= 0.3 is 0 Å². The average molecular weight is 200 g/mol. The Labute approximate surface area is 90.8 Å². The lowest BCUT2D eigenvalue weighted by molar-refractivity contribution is 1.35. The number of nitrogens with zero attached hydrogens (tertiary/aromatic N) is 1. The normalized spacial score (nSPS) is 12.0. The zero-order valence-electron chi connectivity index (χ0n) is 9.20. The molecule has 1 aromatic rings. The molecule has 2 nitrogen and oxygen atoms in total. The highest BCUT2D eigenvalue weighted by atomic mass is 14.9. The maximum absolute atomic E-state index is 5.88. The van der Waals surface area contributed by atoms with Crippen LogP contribution in [0.2, 0.25) is 0 Å². The Kier molecular flexibility index (Phi) is 3.86. The first-order valence-electron chi connectivity index (χ1n) is 4.87. The third-order valence-electron chi connectivity index (χ3n) is 2.04. The molecule has 0 aliphatic rings. The molecule has 0 aliphatic carbocycles. The third kappa shape index (κ3) is 3.09. The third-order valence-corrected chi connectivity index (χ3v) is 2.04. The zero-order chi connectivity index (χ0) is 11.3. The summed E-state index contributed by atoms with van der Waals surface area (Å²) in [5.41, 5.74) is 8.63. The van der Waals surface area contributed by atoms with Crippen LogP contribution in [-0.4, -0.2) is 5.84 Å². The molecular weight excluding hydrogens is 184 g/mol. The summed E-state index contributed by atoms with van der Waals surface area (Å²) in [6, 6.07) is 7.89. The van der Waals surface area contributed by atoms with Gasteiger partial charge in [-0.05, 0) is 25.5 Å². The van der Waals surface area contributed by atoms with E-state index in [4.69, 9.17) is 5.73 Å². The van der Waals surface area contributed by atoms with E-state index in [9.17, 15) is 0 Å². The molecule has 2 N–H and O–H groups in total. The fourth-order valence-electron chi connectivity index (χ4n) is 1.30. The Morgan fingerprint density at radius 3 is 2.67 bits per heavy atom. The summed E-state index contributed by atoms with van der Waals surface area (Å²) in [5.74, 6) is 0.510. The number of amidine groups is 1. The van der Waals surface area contributed by atoms with E-state index >= 15 is 0 Å². The van der Waals surface area contributed by atoms with Crippen LogP contribution in [0.3, 0.4) is 0 Å². The Morgan fingerprint density at radius 2 is 2.07 bits per heavy atom. The standard InChI is InChI=1S/C13H16N2/c1-4-7-11(3)15-13(14)12-9-6-5-8-10(12)2/h4-9H,3H2,1-2H3,(H2,14,15)/b7-4+. The van der Waals surface area contributed by atoms with E-state index in [-0.39, 0.29) is 0 Å². The summed E-state index contributed by atoms with van der Waals surface area (Å²) in [7, 11) is 0. The number of aryl methyl sites for hydroxylation is 1. The van der Waals surface area contributed by atoms with Crippen molar-refractivity contribution < 1.29 is 0 Å². The van der Waals surface area contributed by atoms with Gasteiger partial charge in [-0.1, -0.05) is 36.9 Å². The van der Waals surface area contributed by atoms with Crippen molar-refractivity contribution in [3.63, 3.8) is 0 Å². The highest BCUT2D eigenvalue weighted by Crippen LogP contribution is 2.07. The molecule has 0 aliphatic heterocycles. The van der Waals surface area contributed by atoms with Crippen LogP contribution in [0.15, 0.2) is 53.7 Å². The summed E-state index contributed by atoms with van der Waals surface area (Å²) in [4.78, 5) is 4.21. The largest absolute Gasteiger partial charge is 0.383 e. The molecule has 1 rings (SSSR count). The summed E-state index contributed by atoms with van der Waals surface area (Å²) in [6.45, 7) is 7.72. The molecule has 15 heavy (non-hydrogen) atoms. The number of benzene rings is 1. The second-order valence-corrected chi connectivity index (χ2v) is 3.30. The van der Waals surface area contributed by atoms with E-state index < -0.39 is 0 Å². The van der Waals surface area contributed by atoms with E-state index in [2.05, 4.69) is 11.6 Å². The fraction of sp³-hybridized carbons (Fsp3) is 0.154. The van der Waals surface area contributed by atoms with Crippen LogP contribution in [0.1, 0.15) is 18.1 Å². The van der Waals surface area contributed by atoms with E-state index in [0.717, 1.165) is 11.1 Å². The quantitative estimate of drug-likeness (QED) is 0.455. The van der Waals surface area contributed by atoms with Crippen molar-refractivity contribution in [1.29, 1.82) is 0 Å². The predicted octanol–water partition coefficient (Wildman–Crippen LogP) is 2.79. The van der Waals surface area contributed by atoms with Crippen molar-refractivity contribution in [2.75, 3.05) is 0 Å². The lowest BCUT2D eigenvalue weighted by atomic mass is 10.1. The fourth-order valence-corrected chi connectivity index (χ4v) is 1.30. The lowest BCUT2D eigenvalue weighted by Gasteiger charge is -2.04. The van der Waals surface area contributed by atoms with Gasteiger partial charge in [0, 0.05) is 5.56 Å². The Bertz CT molecular complexity index is 414. The minimum atomic E-state index is 0.510. The summed E-state index contributed by atoms with van der Waals surface area (Å²) < 4.78 is 0. The maximum Gasteiger partial charge on any atom is 0.131 e. The molecule has 0 unspecified atom stereocenters. The molecule has 0 radical (unpaired) electrons. The molecule has 0 saturated heterocycles. The van der Waals surface area contributed by atoms with Gasteiger partial charge in [0.05, 0.1) is 5.70 Å². The zero-order valence-corrected chi connectivity index (χ0v) is 9.20. The van der Waals surface area contributed by atoms with Crippen molar-refractivity contribution in [1.82, 2.24) is 0 Å². The van der Waals surface area contributed by atoms with Crippen LogP contribution in [0.4, 0.5) is 0 Å². The molecular formula is C13H16N2. The lowest BCUT2D eigenvalue weighted by Crippen LogP contribution is -2.14. The first kappa shape index (κ1) is 11.2. The van der Waals surface area contributed by atoms with Crippen molar-refractivity contribution in [3.05, 3.63) is 59.8 Å². The first-order chi connectivity index (χ1) is 7.15. The SMILES string of the molecule is C=C(/C=C/C)/N=C(/N)c1ccccc1C. The summed E-state index contributed by atoms with van der Waals surface area (Å²) in [6.07, 6.45) is 3.71. The van der Waals surface area contributed by atoms with Crippen LogP contribution in [-0.2, 0) is 0 Å². The molecule has 2 heteroatoms. The van der Waals surface area contributed by atoms with Crippen LogP contribution in [0, 0.1) is 6.92 Å². The molecule has 78 valence electrons. The van der Waals surface area contributed by atoms with E-state index in [0.29, 0.717) is 11.5 Å². The predicted molar refractivity (Wildman–Crippen MR) is 65.9 cm³/mol. The molecule has 0 amide bonds. The number of allylic oxidation sites excluding steroid dienone is 2. The Morgan fingerprint density at radius 1 is 1.40 bits per heavy atom.